The lowest BCUT2D eigenvalue weighted by Crippen LogP contribution is -2.34. The van der Waals surface area contributed by atoms with Gasteiger partial charge in [-0.2, -0.15) is 0 Å². The summed E-state index contributed by atoms with van der Waals surface area (Å²) in [4.78, 5) is 0. The predicted molar refractivity (Wildman–Crippen MR) is 158 cm³/mol. The van der Waals surface area contributed by atoms with Crippen LogP contribution in [0.5, 0.6) is 0 Å². The van der Waals surface area contributed by atoms with E-state index in [1.54, 1.807) is 0 Å². The third-order valence-corrected chi connectivity index (χ3v) is 11.9. The van der Waals surface area contributed by atoms with Crippen LogP contribution in [-0.4, -0.2) is 11.0 Å². The van der Waals surface area contributed by atoms with Crippen molar-refractivity contribution in [3.63, 3.8) is 0 Å². The number of unbranched alkanes of at least 4 members (excludes halogenated alkanes) is 1. The second-order valence-electron chi connectivity index (χ2n) is 8.94. The van der Waals surface area contributed by atoms with Crippen LogP contribution in [0, 0.1) is 5.92 Å². The zero-order chi connectivity index (χ0) is 24.3. The monoisotopic (exact) mass is 497 g/mol. The van der Waals surface area contributed by atoms with E-state index >= 15 is 0 Å². The van der Waals surface area contributed by atoms with E-state index in [0.29, 0.717) is 5.92 Å². The van der Waals surface area contributed by atoms with Crippen LogP contribution in [0.1, 0.15) is 39.5 Å². The molecule has 0 aliphatic heterocycles. The second-order valence-corrected chi connectivity index (χ2v) is 13.5. The minimum Gasteiger partial charge on any atom is -0.244 e. The van der Waals surface area contributed by atoms with E-state index < -0.39 is 16.1 Å². The molecule has 0 heterocycles. The van der Waals surface area contributed by atoms with Crippen LogP contribution in [0.15, 0.2) is 121 Å². The van der Waals surface area contributed by atoms with Crippen molar-refractivity contribution < 1.29 is 0 Å². The Labute approximate surface area is 214 Å². The number of rotatable bonds is 12. The Morgan fingerprint density at radius 3 is 1.17 bits per heavy atom. The Bertz CT molecular complexity index is 941. The Balaban J connectivity index is 1.90. The van der Waals surface area contributed by atoms with E-state index in [0.717, 1.165) is 6.54 Å². The molecular formula is C32H37NP2. The van der Waals surface area contributed by atoms with Gasteiger partial charge in [0.05, 0.1) is 0 Å². The van der Waals surface area contributed by atoms with Gasteiger partial charge in [0, 0.05) is 22.7 Å². The maximum atomic E-state index is 2.91. The van der Waals surface area contributed by atoms with Crippen molar-refractivity contribution in [3.05, 3.63) is 121 Å². The Kier molecular flexibility index (Phi) is 10.1. The number of benzene rings is 4. The van der Waals surface area contributed by atoms with Crippen molar-refractivity contribution >= 4 is 37.4 Å². The molecule has 0 saturated carbocycles. The fourth-order valence-electron chi connectivity index (χ4n) is 4.51. The molecule has 0 saturated heterocycles. The Hall–Kier alpha value is -2.30. The zero-order valence-corrected chi connectivity index (χ0v) is 22.8. The van der Waals surface area contributed by atoms with Crippen LogP contribution in [-0.2, 0) is 0 Å². The maximum Gasteiger partial charge on any atom is 0.0323 e. The van der Waals surface area contributed by atoms with Crippen molar-refractivity contribution in [2.45, 2.75) is 39.5 Å². The molecule has 0 spiro atoms. The fourth-order valence-corrected chi connectivity index (χ4v) is 10.7. The second kappa shape index (κ2) is 13.7. The highest BCUT2D eigenvalue weighted by Gasteiger charge is 2.32. The molecule has 1 nitrogen and oxygen atoms in total. The van der Waals surface area contributed by atoms with Gasteiger partial charge in [-0.3, -0.25) is 0 Å². The quantitative estimate of drug-likeness (QED) is 0.182. The maximum absolute atomic E-state index is 2.91. The Morgan fingerprint density at radius 2 is 0.886 bits per heavy atom. The summed E-state index contributed by atoms with van der Waals surface area (Å²) >= 11 is 0. The molecule has 180 valence electrons. The summed E-state index contributed by atoms with van der Waals surface area (Å²) in [6, 6.07) is 44.9. The molecule has 0 aliphatic rings. The van der Waals surface area contributed by atoms with Gasteiger partial charge in [-0.1, -0.05) is 154 Å². The normalized spacial score (nSPS) is 12.4. The first-order chi connectivity index (χ1) is 17.3. The van der Waals surface area contributed by atoms with E-state index in [1.807, 2.05) is 0 Å². The van der Waals surface area contributed by atoms with Crippen molar-refractivity contribution in [2.24, 2.45) is 5.92 Å². The smallest absolute Gasteiger partial charge is 0.0323 e. The van der Waals surface area contributed by atoms with Crippen LogP contribution < -0.4 is 21.2 Å². The summed E-state index contributed by atoms with van der Waals surface area (Å²) in [6.45, 7) is 5.80. The van der Waals surface area contributed by atoms with Crippen LogP contribution >= 0.6 is 16.1 Å². The third-order valence-electron chi connectivity index (χ3n) is 6.43. The molecule has 0 radical (unpaired) electrons. The molecule has 0 aliphatic carbocycles. The molecule has 1 atom stereocenters. The molecule has 0 aromatic heterocycles. The molecule has 0 fully saturated rings. The van der Waals surface area contributed by atoms with Gasteiger partial charge in [-0.15, -0.1) is 0 Å². The van der Waals surface area contributed by atoms with E-state index in [1.165, 1.54) is 46.9 Å². The third kappa shape index (κ3) is 6.89. The van der Waals surface area contributed by atoms with E-state index in [4.69, 9.17) is 0 Å². The molecule has 4 aromatic carbocycles. The first-order valence-corrected chi connectivity index (χ1v) is 15.5. The largest absolute Gasteiger partial charge is 0.244 e. The summed E-state index contributed by atoms with van der Waals surface area (Å²) < 4.78 is 2.91. The fraction of sp³-hybridized carbons (Fsp3) is 0.250. The highest BCUT2D eigenvalue weighted by atomic mass is 31.2. The first-order valence-electron chi connectivity index (χ1n) is 12.9. The lowest BCUT2D eigenvalue weighted by atomic mass is 10.00. The molecule has 35 heavy (non-hydrogen) atoms. The summed E-state index contributed by atoms with van der Waals surface area (Å²) in [7, 11) is -1.38. The zero-order valence-electron chi connectivity index (χ0n) is 21.0. The van der Waals surface area contributed by atoms with Gasteiger partial charge >= 0.3 is 0 Å². The highest BCUT2D eigenvalue weighted by molar-refractivity contribution is 7.84. The van der Waals surface area contributed by atoms with Crippen LogP contribution in [0.25, 0.3) is 0 Å². The molecule has 0 N–H and O–H groups in total. The molecule has 4 aromatic rings. The van der Waals surface area contributed by atoms with E-state index in [9.17, 15) is 0 Å². The van der Waals surface area contributed by atoms with Crippen molar-refractivity contribution in [2.75, 3.05) is 6.54 Å². The average Bonchev–Trinajstić information content (AvgIpc) is 2.93. The van der Waals surface area contributed by atoms with Crippen LogP contribution in [0.2, 0.25) is 0 Å². The van der Waals surface area contributed by atoms with Crippen molar-refractivity contribution in [3.8, 4) is 0 Å². The van der Waals surface area contributed by atoms with Gasteiger partial charge in [-0.25, -0.2) is 4.44 Å². The highest BCUT2D eigenvalue weighted by Crippen LogP contribution is 2.55. The average molecular weight is 498 g/mol. The molecule has 1 unspecified atom stereocenters. The summed E-state index contributed by atoms with van der Waals surface area (Å²) in [6.07, 6.45) is 5.07. The summed E-state index contributed by atoms with van der Waals surface area (Å²) in [5.41, 5.74) is 0. The first kappa shape index (κ1) is 25.8. The standard InChI is InChI=1S/C32H37NP2/c1-3-5-18-28(4-2)27-33(34(29-19-10-6-11-20-29)30-21-12-7-13-22-30)35(31-23-14-8-15-24-31)32-25-16-9-17-26-32/h6-17,19-26,28H,3-5,18,27H2,1-2H3. The number of nitrogens with zero attached hydrogens (tertiary/aromatic N) is 1. The van der Waals surface area contributed by atoms with E-state index in [2.05, 4.69) is 140 Å². The molecular weight excluding hydrogens is 460 g/mol. The molecule has 0 bridgehead atoms. The van der Waals surface area contributed by atoms with Gasteiger partial charge in [0.15, 0.2) is 0 Å². The van der Waals surface area contributed by atoms with Gasteiger partial charge in [0.1, 0.15) is 0 Å². The SMILES string of the molecule is CCCCC(CC)CN(P(c1ccccc1)c1ccccc1)P(c1ccccc1)c1ccccc1. The predicted octanol–water partition coefficient (Wildman–Crippen LogP) is 7.60. The Morgan fingerprint density at radius 1 is 0.543 bits per heavy atom. The van der Waals surface area contributed by atoms with Crippen LogP contribution in [0.4, 0.5) is 0 Å². The molecule has 0 amide bonds. The van der Waals surface area contributed by atoms with Gasteiger partial charge < -0.3 is 0 Å². The molecule has 4 rings (SSSR count). The van der Waals surface area contributed by atoms with E-state index in [-0.39, 0.29) is 0 Å². The minimum absolute atomic E-state index is 0.685. The number of hydrogen-bond acceptors (Lipinski definition) is 1. The minimum atomic E-state index is -0.692. The lowest BCUT2D eigenvalue weighted by Gasteiger charge is -2.41. The van der Waals surface area contributed by atoms with Gasteiger partial charge in [-0.05, 0) is 33.6 Å². The van der Waals surface area contributed by atoms with Crippen molar-refractivity contribution in [1.82, 2.24) is 4.44 Å². The van der Waals surface area contributed by atoms with Crippen molar-refractivity contribution in [1.29, 1.82) is 0 Å². The topological polar surface area (TPSA) is 3.24 Å². The van der Waals surface area contributed by atoms with Crippen LogP contribution in [0.3, 0.4) is 0 Å². The number of hydrogen-bond donors (Lipinski definition) is 0. The van der Waals surface area contributed by atoms with Gasteiger partial charge in [0.2, 0.25) is 0 Å². The summed E-state index contributed by atoms with van der Waals surface area (Å²) in [5.74, 6) is 0.685. The molecule has 3 heteroatoms. The summed E-state index contributed by atoms with van der Waals surface area (Å²) in [5, 5.41) is 5.72. The lowest BCUT2D eigenvalue weighted by molar-refractivity contribution is 0.409. The van der Waals surface area contributed by atoms with Gasteiger partial charge in [0.25, 0.3) is 0 Å².